The molecule has 2 atom stereocenters. The lowest BCUT2D eigenvalue weighted by Crippen LogP contribution is -2.27. The SMILES string of the molecule is C1CCC2CNCCOC2CC1. The van der Waals surface area contributed by atoms with Crippen LogP contribution in [-0.4, -0.2) is 25.8 Å². The van der Waals surface area contributed by atoms with Gasteiger partial charge in [0.2, 0.25) is 0 Å². The Hall–Kier alpha value is -0.0800. The van der Waals surface area contributed by atoms with Crippen LogP contribution in [0.3, 0.4) is 0 Å². The van der Waals surface area contributed by atoms with Crippen LogP contribution in [0.2, 0.25) is 0 Å². The maximum absolute atomic E-state index is 5.82. The van der Waals surface area contributed by atoms with Crippen LogP contribution < -0.4 is 5.32 Å². The maximum atomic E-state index is 5.82. The second-order valence-electron chi connectivity index (χ2n) is 4.01. The maximum Gasteiger partial charge on any atom is 0.0616 e. The van der Waals surface area contributed by atoms with E-state index in [0.717, 1.165) is 19.1 Å². The summed E-state index contributed by atoms with van der Waals surface area (Å²) in [4.78, 5) is 0. The van der Waals surface area contributed by atoms with Crippen molar-refractivity contribution >= 4 is 0 Å². The molecule has 1 N–H and O–H groups in total. The fourth-order valence-corrected chi connectivity index (χ4v) is 2.37. The van der Waals surface area contributed by atoms with E-state index in [2.05, 4.69) is 5.32 Å². The number of ether oxygens (including phenoxy) is 1. The van der Waals surface area contributed by atoms with E-state index in [1.807, 2.05) is 0 Å². The Balaban J connectivity index is 1.94. The first-order valence-electron chi connectivity index (χ1n) is 5.29. The molecule has 12 heavy (non-hydrogen) atoms. The topological polar surface area (TPSA) is 21.3 Å². The van der Waals surface area contributed by atoms with Crippen LogP contribution in [0.5, 0.6) is 0 Å². The molecule has 2 heteroatoms. The van der Waals surface area contributed by atoms with Crippen molar-refractivity contribution in [3.05, 3.63) is 0 Å². The van der Waals surface area contributed by atoms with Crippen LogP contribution in [0, 0.1) is 5.92 Å². The Morgan fingerprint density at radius 1 is 1.08 bits per heavy atom. The third-order valence-electron chi connectivity index (χ3n) is 3.11. The van der Waals surface area contributed by atoms with Crippen LogP contribution in [0.4, 0.5) is 0 Å². The number of fused-ring (bicyclic) bond motifs is 1. The van der Waals surface area contributed by atoms with Crippen molar-refractivity contribution in [3.8, 4) is 0 Å². The van der Waals surface area contributed by atoms with Gasteiger partial charge in [-0.15, -0.1) is 0 Å². The summed E-state index contributed by atoms with van der Waals surface area (Å²) in [7, 11) is 0. The van der Waals surface area contributed by atoms with Gasteiger partial charge in [0.1, 0.15) is 0 Å². The fourth-order valence-electron chi connectivity index (χ4n) is 2.37. The summed E-state index contributed by atoms with van der Waals surface area (Å²) < 4.78 is 5.82. The molecule has 0 aromatic rings. The monoisotopic (exact) mass is 169 g/mol. The van der Waals surface area contributed by atoms with Gasteiger partial charge in [-0.2, -0.15) is 0 Å². The zero-order valence-corrected chi connectivity index (χ0v) is 7.72. The van der Waals surface area contributed by atoms with Crippen LogP contribution in [0.15, 0.2) is 0 Å². The van der Waals surface area contributed by atoms with Crippen molar-refractivity contribution in [1.82, 2.24) is 5.32 Å². The highest BCUT2D eigenvalue weighted by molar-refractivity contribution is 4.78. The van der Waals surface area contributed by atoms with E-state index in [1.54, 1.807) is 0 Å². The van der Waals surface area contributed by atoms with Crippen LogP contribution in [0.25, 0.3) is 0 Å². The predicted molar refractivity (Wildman–Crippen MR) is 49.2 cm³/mol. The molecule has 1 saturated carbocycles. The van der Waals surface area contributed by atoms with Gasteiger partial charge in [0.15, 0.2) is 0 Å². The molecule has 70 valence electrons. The molecular formula is C10H19NO. The zero-order valence-electron chi connectivity index (χ0n) is 7.72. The van der Waals surface area contributed by atoms with Gasteiger partial charge >= 0.3 is 0 Å². The molecule has 2 fully saturated rings. The highest BCUT2D eigenvalue weighted by Crippen LogP contribution is 2.26. The second-order valence-corrected chi connectivity index (χ2v) is 4.01. The minimum Gasteiger partial charge on any atom is -0.377 e. The Kier molecular flexibility index (Phi) is 3.01. The average molecular weight is 169 g/mol. The molecule has 2 unspecified atom stereocenters. The summed E-state index contributed by atoms with van der Waals surface area (Å²) in [5.41, 5.74) is 0. The quantitative estimate of drug-likeness (QED) is 0.594. The highest BCUT2D eigenvalue weighted by atomic mass is 16.5. The van der Waals surface area contributed by atoms with Crippen molar-refractivity contribution in [3.63, 3.8) is 0 Å². The van der Waals surface area contributed by atoms with Gasteiger partial charge in [0.25, 0.3) is 0 Å². The molecular weight excluding hydrogens is 150 g/mol. The number of rotatable bonds is 0. The number of hydrogen-bond acceptors (Lipinski definition) is 2. The molecule has 1 aliphatic carbocycles. The van der Waals surface area contributed by atoms with Crippen molar-refractivity contribution in [2.24, 2.45) is 5.92 Å². The lowest BCUT2D eigenvalue weighted by molar-refractivity contribution is 0.0276. The Morgan fingerprint density at radius 3 is 3.00 bits per heavy atom. The molecule has 0 aromatic carbocycles. The second kappa shape index (κ2) is 4.24. The molecule has 0 radical (unpaired) electrons. The van der Waals surface area contributed by atoms with Gasteiger partial charge in [-0.25, -0.2) is 0 Å². The summed E-state index contributed by atoms with van der Waals surface area (Å²) in [6.07, 6.45) is 7.44. The standard InChI is InChI=1S/C10H19NO/c1-2-4-9-8-11-6-7-12-10(9)5-3-1/h9-11H,1-8H2. The molecule has 2 aliphatic rings. The Morgan fingerprint density at radius 2 is 2.00 bits per heavy atom. The largest absolute Gasteiger partial charge is 0.377 e. The Bertz CT molecular complexity index is 110. The van der Waals surface area contributed by atoms with E-state index in [4.69, 9.17) is 4.74 Å². The molecule has 1 heterocycles. The van der Waals surface area contributed by atoms with Gasteiger partial charge in [0, 0.05) is 13.1 Å². The number of hydrogen-bond donors (Lipinski definition) is 1. The van der Waals surface area contributed by atoms with Gasteiger partial charge in [-0.3, -0.25) is 0 Å². The van der Waals surface area contributed by atoms with Crippen LogP contribution in [-0.2, 0) is 4.74 Å². The summed E-state index contributed by atoms with van der Waals surface area (Å²) in [6.45, 7) is 3.15. The minimum atomic E-state index is 0.572. The lowest BCUT2D eigenvalue weighted by Gasteiger charge is -2.21. The van der Waals surface area contributed by atoms with Gasteiger partial charge in [-0.1, -0.05) is 19.3 Å². The third-order valence-corrected chi connectivity index (χ3v) is 3.11. The summed E-state index contributed by atoms with van der Waals surface area (Å²) in [5.74, 6) is 0.801. The van der Waals surface area contributed by atoms with Gasteiger partial charge in [0.05, 0.1) is 12.7 Å². The van der Waals surface area contributed by atoms with Crippen LogP contribution in [0.1, 0.15) is 32.1 Å². The van der Waals surface area contributed by atoms with E-state index >= 15 is 0 Å². The minimum absolute atomic E-state index is 0.572. The van der Waals surface area contributed by atoms with E-state index < -0.39 is 0 Å². The molecule has 1 saturated heterocycles. The first-order valence-corrected chi connectivity index (χ1v) is 5.29. The highest BCUT2D eigenvalue weighted by Gasteiger charge is 2.25. The summed E-state index contributed by atoms with van der Waals surface area (Å²) in [5, 5.41) is 3.45. The van der Waals surface area contributed by atoms with Crippen molar-refractivity contribution < 1.29 is 4.74 Å². The van der Waals surface area contributed by atoms with Crippen LogP contribution >= 0.6 is 0 Å². The summed E-state index contributed by atoms with van der Waals surface area (Å²) in [6, 6.07) is 0. The molecule has 1 aliphatic heterocycles. The average Bonchev–Trinajstić information content (AvgIpc) is 2.38. The Labute approximate surface area is 74.7 Å². The van der Waals surface area contributed by atoms with Gasteiger partial charge in [-0.05, 0) is 18.8 Å². The molecule has 0 spiro atoms. The molecule has 0 amide bonds. The molecule has 2 rings (SSSR count). The van der Waals surface area contributed by atoms with E-state index in [0.29, 0.717) is 6.10 Å². The molecule has 0 bridgehead atoms. The lowest BCUT2D eigenvalue weighted by atomic mass is 9.97. The fraction of sp³-hybridized carbons (Fsp3) is 1.00. The number of nitrogens with one attached hydrogen (secondary N) is 1. The zero-order chi connectivity index (χ0) is 8.23. The van der Waals surface area contributed by atoms with E-state index in [9.17, 15) is 0 Å². The third kappa shape index (κ3) is 1.99. The van der Waals surface area contributed by atoms with Gasteiger partial charge < -0.3 is 10.1 Å². The summed E-state index contributed by atoms with van der Waals surface area (Å²) >= 11 is 0. The van der Waals surface area contributed by atoms with Crippen molar-refractivity contribution in [2.75, 3.05) is 19.7 Å². The first kappa shape index (κ1) is 8.52. The molecule has 0 aromatic heterocycles. The first-order chi connectivity index (χ1) is 5.97. The normalized spacial score (nSPS) is 38.0. The van der Waals surface area contributed by atoms with Crippen molar-refractivity contribution in [1.29, 1.82) is 0 Å². The predicted octanol–water partition coefficient (Wildman–Crippen LogP) is 1.56. The van der Waals surface area contributed by atoms with Crippen molar-refractivity contribution in [2.45, 2.75) is 38.2 Å². The van der Waals surface area contributed by atoms with E-state index in [1.165, 1.54) is 38.6 Å². The smallest absolute Gasteiger partial charge is 0.0616 e. The molecule has 2 nitrogen and oxygen atoms in total. The van der Waals surface area contributed by atoms with E-state index in [-0.39, 0.29) is 0 Å².